The largest absolute Gasteiger partial charge is 0.379 e. The number of nitrogens with zero attached hydrogens (tertiary/aromatic N) is 2. The van der Waals surface area contributed by atoms with E-state index >= 15 is 0 Å². The van der Waals surface area contributed by atoms with Gasteiger partial charge in [0.05, 0.1) is 0 Å². The van der Waals surface area contributed by atoms with E-state index in [1.807, 2.05) is 0 Å². The van der Waals surface area contributed by atoms with Crippen molar-refractivity contribution in [3.05, 3.63) is 0 Å². The smallest absolute Gasteiger partial charge is 0.153 e. The van der Waals surface area contributed by atoms with Crippen molar-refractivity contribution in [2.45, 2.75) is 25.7 Å². The summed E-state index contributed by atoms with van der Waals surface area (Å²) < 4.78 is 0. The summed E-state index contributed by atoms with van der Waals surface area (Å²) in [6.45, 7) is 0. The Morgan fingerprint density at radius 1 is 0.812 bits per heavy atom. The van der Waals surface area contributed by atoms with E-state index in [0.717, 1.165) is 11.5 Å². The summed E-state index contributed by atoms with van der Waals surface area (Å²) in [7, 11) is 3.44. The second kappa shape index (κ2) is 11.1. The first kappa shape index (κ1) is 15.6. The molecule has 0 bridgehead atoms. The molecule has 0 aliphatic heterocycles. The topological polar surface area (TPSA) is 76.8 Å². The van der Waals surface area contributed by atoms with Crippen LogP contribution >= 0.6 is 23.5 Å². The highest BCUT2D eigenvalue weighted by Crippen LogP contribution is 2.10. The van der Waals surface area contributed by atoms with Crippen molar-refractivity contribution in [3.63, 3.8) is 0 Å². The Kier molecular flexibility index (Phi) is 10.9. The monoisotopic (exact) mass is 262 g/mol. The highest BCUT2D eigenvalue weighted by molar-refractivity contribution is 8.14. The van der Waals surface area contributed by atoms with Gasteiger partial charge in [0.15, 0.2) is 10.3 Å². The first-order valence-electron chi connectivity index (χ1n) is 5.40. The van der Waals surface area contributed by atoms with Crippen molar-refractivity contribution in [3.8, 4) is 0 Å². The molecule has 94 valence electrons. The van der Waals surface area contributed by atoms with E-state index in [-0.39, 0.29) is 0 Å². The Labute approximate surface area is 107 Å². The maximum Gasteiger partial charge on any atom is 0.153 e. The molecule has 0 aliphatic rings. The first-order chi connectivity index (χ1) is 7.70. The Bertz CT molecular complexity index is 205. The summed E-state index contributed by atoms with van der Waals surface area (Å²) >= 11 is 3.26. The number of rotatable bonds is 7. The molecule has 0 aromatic heterocycles. The minimum Gasteiger partial charge on any atom is -0.379 e. The lowest BCUT2D eigenvalue weighted by Gasteiger charge is -2.01. The molecule has 0 atom stereocenters. The Morgan fingerprint density at radius 2 is 1.19 bits per heavy atom. The highest BCUT2D eigenvalue weighted by Gasteiger charge is 1.95. The van der Waals surface area contributed by atoms with Gasteiger partial charge >= 0.3 is 0 Å². The van der Waals surface area contributed by atoms with Crippen LogP contribution in [-0.2, 0) is 0 Å². The van der Waals surface area contributed by atoms with Gasteiger partial charge < -0.3 is 11.5 Å². The van der Waals surface area contributed by atoms with Crippen LogP contribution in [0.25, 0.3) is 0 Å². The van der Waals surface area contributed by atoms with Crippen molar-refractivity contribution >= 4 is 33.9 Å². The number of hydrogen-bond donors (Lipinski definition) is 2. The molecule has 4 N–H and O–H groups in total. The number of aliphatic imine (C=N–C) groups is 2. The number of amidine groups is 2. The van der Waals surface area contributed by atoms with Gasteiger partial charge in [-0.25, -0.2) is 0 Å². The molecule has 6 heteroatoms. The molecule has 0 aromatic carbocycles. The van der Waals surface area contributed by atoms with Crippen LogP contribution in [-0.4, -0.2) is 35.9 Å². The minimum atomic E-state index is 0.683. The standard InChI is InChI=1S/C10H22N4S2/c1-13-9(11)15-7-5-3-4-6-8-16-10(12)14-2/h3-8H2,1-2H3,(H2,11,13)(H2,12,14). The van der Waals surface area contributed by atoms with Gasteiger partial charge in [-0.05, 0) is 12.8 Å². The van der Waals surface area contributed by atoms with E-state index in [2.05, 4.69) is 9.98 Å². The van der Waals surface area contributed by atoms with Crippen LogP contribution in [0.4, 0.5) is 0 Å². The van der Waals surface area contributed by atoms with Gasteiger partial charge in [-0.2, -0.15) is 0 Å². The quantitative estimate of drug-likeness (QED) is 0.417. The van der Waals surface area contributed by atoms with Crippen LogP contribution in [0, 0.1) is 0 Å². The third-order valence-electron chi connectivity index (χ3n) is 1.98. The van der Waals surface area contributed by atoms with Crippen molar-refractivity contribution in [2.75, 3.05) is 25.6 Å². The molecule has 0 saturated carbocycles. The summed E-state index contributed by atoms with van der Waals surface area (Å²) in [6.07, 6.45) is 4.88. The molecule has 0 aliphatic carbocycles. The van der Waals surface area contributed by atoms with Crippen molar-refractivity contribution in [1.29, 1.82) is 0 Å². The van der Waals surface area contributed by atoms with Crippen LogP contribution < -0.4 is 11.5 Å². The predicted octanol–water partition coefficient (Wildman–Crippen LogP) is 1.90. The second-order valence-corrected chi connectivity index (χ2v) is 5.47. The molecule has 0 unspecified atom stereocenters. The van der Waals surface area contributed by atoms with Crippen molar-refractivity contribution < 1.29 is 0 Å². The average molecular weight is 262 g/mol. The fourth-order valence-corrected chi connectivity index (χ4v) is 2.41. The molecule has 4 nitrogen and oxygen atoms in total. The number of thioether (sulfide) groups is 2. The molecule has 0 saturated heterocycles. The van der Waals surface area contributed by atoms with E-state index in [4.69, 9.17) is 11.5 Å². The average Bonchev–Trinajstić information content (AvgIpc) is 2.31. The fourth-order valence-electron chi connectivity index (χ4n) is 1.04. The molecule has 0 amide bonds. The van der Waals surface area contributed by atoms with Gasteiger partial charge in [0.25, 0.3) is 0 Å². The van der Waals surface area contributed by atoms with Crippen LogP contribution in [0.2, 0.25) is 0 Å². The van der Waals surface area contributed by atoms with E-state index in [9.17, 15) is 0 Å². The molecule has 0 rings (SSSR count). The van der Waals surface area contributed by atoms with Gasteiger partial charge in [-0.3, -0.25) is 9.98 Å². The summed E-state index contributed by atoms with van der Waals surface area (Å²) in [5, 5.41) is 1.37. The number of nitrogens with two attached hydrogens (primary N) is 2. The normalized spacial score (nSPS) is 13.1. The van der Waals surface area contributed by atoms with Crippen LogP contribution in [0.3, 0.4) is 0 Å². The minimum absolute atomic E-state index is 0.683. The molecular weight excluding hydrogens is 240 g/mol. The SMILES string of the molecule is CN=C(N)SCCCCCCSC(N)=NC. The van der Waals surface area contributed by atoms with Gasteiger partial charge in [0, 0.05) is 25.6 Å². The second-order valence-electron chi connectivity index (χ2n) is 3.23. The maximum atomic E-state index is 5.57. The van der Waals surface area contributed by atoms with Gasteiger partial charge in [0.2, 0.25) is 0 Å². The molecule has 0 fully saturated rings. The molecule has 0 aromatic rings. The zero-order chi connectivity index (χ0) is 12.2. The zero-order valence-electron chi connectivity index (χ0n) is 10.1. The molecule has 16 heavy (non-hydrogen) atoms. The Morgan fingerprint density at radius 3 is 1.50 bits per heavy atom. The summed E-state index contributed by atoms with van der Waals surface area (Å²) in [5.74, 6) is 2.13. The van der Waals surface area contributed by atoms with Gasteiger partial charge in [0.1, 0.15) is 0 Å². The fraction of sp³-hybridized carbons (Fsp3) is 0.800. The summed E-state index contributed by atoms with van der Waals surface area (Å²) in [4.78, 5) is 7.78. The maximum absolute atomic E-state index is 5.57. The number of hydrogen-bond acceptors (Lipinski definition) is 4. The van der Waals surface area contributed by atoms with Crippen molar-refractivity contribution in [2.24, 2.45) is 21.5 Å². The van der Waals surface area contributed by atoms with E-state index < -0.39 is 0 Å². The first-order valence-corrected chi connectivity index (χ1v) is 7.38. The zero-order valence-corrected chi connectivity index (χ0v) is 11.7. The van der Waals surface area contributed by atoms with Crippen LogP contribution in [0.5, 0.6) is 0 Å². The lowest BCUT2D eigenvalue weighted by Crippen LogP contribution is -2.07. The van der Waals surface area contributed by atoms with Gasteiger partial charge in [-0.1, -0.05) is 36.4 Å². The third kappa shape index (κ3) is 10.2. The molecule has 0 radical (unpaired) electrons. The van der Waals surface area contributed by atoms with Crippen molar-refractivity contribution in [1.82, 2.24) is 0 Å². The van der Waals surface area contributed by atoms with Crippen LogP contribution in [0.1, 0.15) is 25.7 Å². The highest BCUT2D eigenvalue weighted by atomic mass is 32.2. The Balaban J connectivity index is 3.16. The Hall–Kier alpha value is -0.360. The molecular formula is C10H22N4S2. The van der Waals surface area contributed by atoms with Crippen LogP contribution in [0.15, 0.2) is 9.98 Å². The summed E-state index contributed by atoms with van der Waals surface area (Å²) in [5.41, 5.74) is 11.1. The lowest BCUT2D eigenvalue weighted by atomic mass is 10.2. The van der Waals surface area contributed by atoms with E-state index in [0.29, 0.717) is 10.3 Å². The lowest BCUT2D eigenvalue weighted by molar-refractivity contribution is 0.712. The van der Waals surface area contributed by atoms with E-state index in [1.165, 1.54) is 25.7 Å². The molecule has 0 spiro atoms. The van der Waals surface area contributed by atoms with E-state index in [1.54, 1.807) is 37.6 Å². The molecule has 0 heterocycles. The van der Waals surface area contributed by atoms with Gasteiger partial charge in [-0.15, -0.1) is 0 Å². The number of unbranched alkanes of at least 4 members (excludes halogenated alkanes) is 3. The third-order valence-corrected chi connectivity index (χ3v) is 3.92. The predicted molar refractivity (Wildman–Crippen MR) is 78.5 cm³/mol. The summed E-state index contributed by atoms with van der Waals surface area (Å²) in [6, 6.07) is 0.